The van der Waals surface area contributed by atoms with E-state index in [1.54, 1.807) is 31.2 Å². The van der Waals surface area contributed by atoms with Crippen LogP contribution in [-0.2, 0) is 16.0 Å². The molecule has 0 bridgehead atoms. The third-order valence-corrected chi connectivity index (χ3v) is 4.83. The lowest BCUT2D eigenvalue weighted by Gasteiger charge is -2.19. The van der Waals surface area contributed by atoms with Crippen LogP contribution in [0.3, 0.4) is 0 Å². The van der Waals surface area contributed by atoms with Crippen LogP contribution in [0.2, 0.25) is 5.02 Å². The Morgan fingerprint density at radius 3 is 2.59 bits per heavy atom. The molecular formula is C23H23ClO5. The Kier molecular flexibility index (Phi) is 6.94. The van der Waals surface area contributed by atoms with Gasteiger partial charge in [-0.3, -0.25) is 0 Å². The fourth-order valence-electron chi connectivity index (χ4n) is 3.12. The number of hydrogen-bond acceptors (Lipinski definition) is 5. The van der Waals surface area contributed by atoms with Gasteiger partial charge in [-0.1, -0.05) is 55.3 Å². The van der Waals surface area contributed by atoms with Gasteiger partial charge in [0.15, 0.2) is 0 Å². The lowest BCUT2D eigenvalue weighted by atomic mass is 10.0. The van der Waals surface area contributed by atoms with Gasteiger partial charge in [0.05, 0.1) is 11.6 Å². The number of carbonyl (C=O) groups is 1. The molecule has 0 aliphatic rings. The number of ether oxygens (including phenoxy) is 2. The average molecular weight is 415 g/mol. The quantitative estimate of drug-likeness (QED) is 0.361. The van der Waals surface area contributed by atoms with E-state index < -0.39 is 17.7 Å². The second kappa shape index (κ2) is 9.61. The molecule has 5 nitrogen and oxygen atoms in total. The number of hydrogen-bond donors (Lipinski definition) is 0. The van der Waals surface area contributed by atoms with E-state index in [1.165, 1.54) is 6.07 Å². The molecular weight excluding hydrogens is 392 g/mol. The highest BCUT2D eigenvalue weighted by Crippen LogP contribution is 2.34. The zero-order valence-electron chi connectivity index (χ0n) is 16.4. The summed E-state index contributed by atoms with van der Waals surface area (Å²) in [5, 5.41) is 1.09. The zero-order chi connectivity index (χ0) is 20.8. The van der Waals surface area contributed by atoms with Crippen molar-refractivity contribution in [3.63, 3.8) is 0 Å². The Morgan fingerprint density at radius 2 is 1.90 bits per heavy atom. The molecule has 0 radical (unpaired) electrons. The van der Waals surface area contributed by atoms with Crippen molar-refractivity contribution in [3.05, 3.63) is 75.1 Å². The molecule has 3 aromatic rings. The molecule has 0 aliphatic carbocycles. The van der Waals surface area contributed by atoms with Gasteiger partial charge in [-0.15, -0.1) is 0 Å². The zero-order valence-corrected chi connectivity index (χ0v) is 17.2. The van der Waals surface area contributed by atoms with Crippen molar-refractivity contribution in [2.75, 3.05) is 6.61 Å². The topological polar surface area (TPSA) is 65.7 Å². The number of unbranched alkanes of at least 4 members (excludes halogenated alkanes) is 1. The van der Waals surface area contributed by atoms with Crippen molar-refractivity contribution in [2.24, 2.45) is 0 Å². The molecule has 0 aliphatic heterocycles. The molecule has 0 fully saturated rings. The van der Waals surface area contributed by atoms with Gasteiger partial charge in [0.2, 0.25) is 6.10 Å². The van der Waals surface area contributed by atoms with Crippen molar-refractivity contribution < 1.29 is 18.7 Å². The predicted octanol–water partition coefficient (Wildman–Crippen LogP) is 5.47. The molecule has 1 unspecified atom stereocenters. The molecule has 0 N–H and O–H groups in total. The average Bonchev–Trinajstić information content (AvgIpc) is 2.71. The maximum atomic E-state index is 12.5. The van der Waals surface area contributed by atoms with Crippen LogP contribution in [0.1, 0.15) is 43.9 Å². The minimum Gasteiger partial charge on any atom is -0.472 e. The number of benzene rings is 2. The Balaban J connectivity index is 2.02. The number of rotatable bonds is 8. The largest absolute Gasteiger partial charge is 0.472 e. The number of fused-ring (bicyclic) bond motifs is 1. The third kappa shape index (κ3) is 4.98. The molecule has 1 aromatic heterocycles. The van der Waals surface area contributed by atoms with Crippen molar-refractivity contribution in [1.82, 2.24) is 0 Å². The van der Waals surface area contributed by atoms with Crippen LogP contribution in [-0.4, -0.2) is 12.6 Å². The van der Waals surface area contributed by atoms with Gasteiger partial charge < -0.3 is 13.9 Å². The summed E-state index contributed by atoms with van der Waals surface area (Å²) in [5.41, 5.74) is 1.47. The molecule has 1 atom stereocenters. The van der Waals surface area contributed by atoms with E-state index in [9.17, 15) is 9.59 Å². The van der Waals surface area contributed by atoms with Crippen LogP contribution in [0.15, 0.2) is 57.7 Å². The summed E-state index contributed by atoms with van der Waals surface area (Å²) >= 11 is 6.47. The van der Waals surface area contributed by atoms with Crippen LogP contribution in [0, 0.1) is 0 Å². The summed E-state index contributed by atoms with van der Waals surface area (Å²) in [5.74, 6) is -0.273. The molecule has 0 saturated heterocycles. The standard InChI is InChI=1S/C23H23ClO5/c1-3-5-9-16-12-21(25)28-19-14-20(18(24)13-17(16)19)29-22(23(26)27-4-2)15-10-7-6-8-11-15/h6-8,10-14,22H,3-5,9H2,1-2H3. The lowest BCUT2D eigenvalue weighted by Crippen LogP contribution is -2.21. The molecule has 3 rings (SSSR count). The second-order valence-corrected chi connectivity index (χ2v) is 7.04. The van der Waals surface area contributed by atoms with E-state index in [4.69, 9.17) is 25.5 Å². The third-order valence-electron chi connectivity index (χ3n) is 4.53. The summed E-state index contributed by atoms with van der Waals surface area (Å²) in [6.45, 7) is 4.05. The molecule has 152 valence electrons. The maximum absolute atomic E-state index is 12.5. The van der Waals surface area contributed by atoms with Crippen LogP contribution in [0.4, 0.5) is 0 Å². The molecule has 1 heterocycles. The van der Waals surface area contributed by atoms with Gasteiger partial charge in [-0.05, 0) is 31.4 Å². The van der Waals surface area contributed by atoms with Crippen molar-refractivity contribution in [2.45, 2.75) is 39.2 Å². The fraction of sp³-hybridized carbons (Fsp3) is 0.304. The summed E-state index contributed by atoms with van der Waals surface area (Å²) in [6.07, 6.45) is 1.73. The fourth-order valence-corrected chi connectivity index (χ4v) is 3.33. The van der Waals surface area contributed by atoms with Gasteiger partial charge in [0.1, 0.15) is 11.3 Å². The predicted molar refractivity (Wildman–Crippen MR) is 113 cm³/mol. The molecule has 0 saturated carbocycles. The molecule has 29 heavy (non-hydrogen) atoms. The normalized spacial score (nSPS) is 12.0. The van der Waals surface area contributed by atoms with Crippen LogP contribution in [0.25, 0.3) is 11.0 Å². The van der Waals surface area contributed by atoms with E-state index >= 15 is 0 Å². The van der Waals surface area contributed by atoms with Gasteiger partial charge in [-0.25, -0.2) is 9.59 Å². The second-order valence-electron chi connectivity index (χ2n) is 6.63. The van der Waals surface area contributed by atoms with Gasteiger partial charge in [0, 0.05) is 23.1 Å². The van der Waals surface area contributed by atoms with E-state index in [0.717, 1.165) is 30.2 Å². The summed E-state index contributed by atoms with van der Waals surface area (Å²) in [6, 6.07) is 13.8. The first-order chi connectivity index (χ1) is 14.0. The lowest BCUT2D eigenvalue weighted by molar-refractivity contribution is -0.151. The van der Waals surface area contributed by atoms with Crippen LogP contribution in [0.5, 0.6) is 5.75 Å². The number of halogens is 1. The number of carbonyl (C=O) groups excluding carboxylic acids is 1. The van der Waals surface area contributed by atoms with Crippen molar-refractivity contribution in [3.8, 4) is 5.75 Å². The van der Waals surface area contributed by atoms with Gasteiger partial charge >= 0.3 is 11.6 Å². The minimum absolute atomic E-state index is 0.229. The summed E-state index contributed by atoms with van der Waals surface area (Å²) < 4.78 is 16.5. The number of aryl methyl sites for hydroxylation is 1. The SMILES string of the molecule is CCCCc1cc(=O)oc2cc(OC(C(=O)OCC)c3ccccc3)c(Cl)cc12. The Morgan fingerprint density at radius 1 is 1.14 bits per heavy atom. The van der Waals surface area contributed by atoms with Crippen LogP contribution >= 0.6 is 11.6 Å². The van der Waals surface area contributed by atoms with E-state index in [2.05, 4.69) is 6.92 Å². The molecule has 0 amide bonds. The van der Waals surface area contributed by atoms with E-state index in [0.29, 0.717) is 16.2 Å². The molecule has 6 heteroatoms. The highest BCUT2D eigenvalue weighted by atomic mass is 35.5. The first-order valence-corrected chi connectivity index (χ1v) is 10.1. The Hall–Kier alpha value is -2.79. The number of esters is 1. The highest BCUT2D eigenvalue weighted by molar-refractivity contribution is 6.32. The summed E-state index contributed by atoms with van der Waals surface area (Å²) in [4.78, 5) is 24.5. The van der Waals surface area contributed by atoms with E-state index in [1.807, 2.05) is 18.2 Å². The summed E-state index contributed by atoms with van der Waals surface area (Å²) in [7, 11) is 0. The Bertz CT molecular complexity index is 1040. The highest BCUT2D eigenvalue weighted by Gasteiger charge is 2.25. The molecule has 0 spiro atoms. The first-order valence-electron chi connectivity index (χ1n) is 9.68. The monoisotopic (exact) mass is 414 g/mol. The van der Waals surface area contributed by atoms with Gasteiger partial charge in [-0.2, -0.15) is 0 Å². The molecule has 2 aromatic carbocycles. The van der Waals surface area contributed by atoms with Crippen molar-refractivity contribution >= 4 is 28.5 Å². The smallest absolute Gasteiger partial charge is 0.352 e. The van der Waals surface area contributed by atoms with Gasteiger partial charge in [0.25, 0.3) is 0 Å². The first kappa shape index (κ1) is 20.9. The van der Waals surface area contributed by atoms with E-state index in [-0.39, 0.29) is 12.4 Å². The Labute approximate surface area is 174 Å². The van der Waals surface area contributed by atoms with Crippen molar-refractivity contribution in [1.29, 1.82) is 0 Å². The van der Waals surface area contributed by atoms with Crippen LogP contribution < -0.4 is 10.4 Å². The minimum atomic E-state index is -0.985. The maximum Gasteiger partial charge on any atom is 0.352 e.